The van der Waals surface area contributed by atoms with Crippen molar-refractivity contribution < 1.29 is 63.4 Å². The van der Waals surface area contributed by atoms with Crippen LogP contribution in [0.5, 0.6) is 11.5 Å². The smallest absolute Gasteiger partial charge is 0.0886 e. The van der Waals surface area contributed by atoms with E-state index >= 15 is 0 Å². The Morgan fingerprint density at radius 1 is 0.603 bits per heavy atom. The third-order valence-electron chi connectivity index (χ3n) is 10.7. The van der Waals surface area contributed by atoms with Crippen molar-refractivity contribution in [2.45, 2.75) is 19.1 Å². The van der Waals surface area contributed by atoms with Crippen LogP contribution in [0.2, 0.25) is 0 Å². The van der Waals surface area contributed by atoms with E-state index in [9.17, 15) is 19.2 Å². The van der Waals surface area contributed by atoms with Crippen molar-refractivity contribution in [3.63, 3.8) is 0 Å². The maximum Gasteiger partial charge on any atom is 0.0886 e. The number of halogens is 2. The topological polar surface area (TPSA) is 172 Å². The fraction of sp³-hybridized carbons (Fsp3) is 0.163. The zero-order valence-corrected chi connectivity index (χ0v) is 40.8. The number of aromatic nitrogens is 6. The Bertz CT molecular complexity index is 2740. The largest absolute Gasteiger partial charge is 0.255 e. The van der Waals surface area contributed by atoms with Crippen molar-refractivity contribution in [3.05, 3.63) is 174 Å². The average Bonchev–Trinajstić information content (AvgIpc) is 4.11. The normalized spacial score (nSPS) is 14.1. The summed E-state index contributed by atoms with van der Waals surface area (Å²) in [4.78, 5) is 76.8. The Morgan fingerprint density at radius 2 is 1.06 bits per heavy atom. The van der Waals surface area contributed by atoms with Gasteiger partial charge in [0.1, 0.15) is 6.61 Å². The number of rotatable bonds is 11. The third kappa shape index (κ3) is 11.2. The first-order chi connectivity index (χ1) is 32.9. The van der Waals surface area contributed by atoms with Gasteiger partial charge in [0.05, 0.1) is 48.9 Å². The van der Waals surface area contributed by atoms with Gasteiger partial charge in [0.2, 0.25) is 0 Å². The molecule has 6 aromatic heterocycles. The quantitative estimate of drug-likeness (QED) is 0.123. The summed E-state index contributed by atoms with van der Waals surface area (Å²) in [6.07, 6.45) is 12.5. The van der Waals surface area contributed by atoms with Crippen LogP contribution in [0.25, 0.3) is 33.5 Å². The molecule has 19 heteroatoms. The second-order valence-corrected chi connectivity index (χ2v) is 15.6. The summed E-state index contributed by atoms with van der Waals surface area (Å²) in [7, 11) is 4.67. The molecule has 9 heterocycles. The number of carbonyl (C=O) groups is 4. The Labute approximate surface area is 415 Å². The Morgan fingerprint density at radius 3 is 1.49 bits per heavy atom. The second kappa shape index (κ2) is 23.8. The van der Waals surface area contributed by atoms with Gasteiger partial charge >= 0.3 is 27.2 Å². The molecular weight excluding hydrogens is 1110 g/mol. The SMILES string of the molecule is O=C1c2ccc3c4c(ccc(c24)C(=O)N1CCCn1ccnc1)C(=O)N(CCOCC1COc2cscc2O1)C3=O.[Cl-].[Cl][Os].c1ccc(-c2ccccn2)nc1.c1ccc(-c2ccccn2)nc1. The number of imide groups is 2. The van der Waals surface area contributed by atoms with E-state index < -0.39 is 23.6 Å². The van der Waals surface area contributed by atoms with Crippen LogP contribution in [0.1, 0.15) is 47.9 Å². The van der Waals surface area contributed by atoms with E-state index in [0.29, 0.717) is 47.2 Å². The molecule has 0 saturated carbocycles. The maximum absolute atomic E-state index is 13.4. The van der Waals surface area contributed by atoms with E-state index in [1.807, 2.05) is 94.3 Å². The van der Waals surface area contributed by atoms with Crippen molar-refractivity contribution in [2.24, 2.45) is 0 Å². The molecule has 3 aliphatic rings. The summed E-state index contributed by atoms with van der Waals surface area (Å²) in [5.74, 6) is -0.443. The molecule has 1 atom stereocenters. The van der Waals surface area contributed by atoms with Crippen LogP contribution < -0.4 is 21.9 Å². The Hall–Kier alpha value is -6.73. The van der Waals surface area contributed by atoms with Gasteiger partial charge in [-0.3, -0.25) is 48.9 Å². The molecular formula is C49H40Cl2N8O7OsS-. The predicted octanol–water partition coefficient (Wildman–Crippen LogP) is 5.21. The van der Waals surface area contributed by atoms with E-state index in [2.05, 4.69) is 34.6 Å². The summed E-state index contributed by atoms with van der Waals surface area (Å²) in [5, 5.41) is 4.45. The van der Waals surface area contributed by atoms with Gasteiger partial charge in [-0.05, 0) is 79.2 Å². The van der Waals surface area contributed by atoms with E-state index in [1.165, 1.54) is 33.8 Å². The van der Waals surface area contributed by atoms with Crippen molar-refractivity contribution in [1.29, 1.82) is 0 Å². The van der Waals surface area contributed by atoms with Gasteiger partial charge in [-0.1, -0.05) is 24.3 Å². The number of imidazole rings is 1. The van der Waals surface area contributed by atoms with Crippen LogP contribution in [0.4, 0.5) is 0 Å². The molecule has 15 nitrogen and oxygen atoms in total. The number of benzene rings is 2. The van der Waals surface area contributed by atoms with Crippen LogP contribution in [0.15, 0.2) is 151 Å². The van der Waals surface area contributed by atoms with Gasteiger partial charge < -0.3 is 31.2 Å². The first-order valence-corrected chi connectivity index (χ1v) is 25.0. The number of ether oxygens (including phenoxy) is 3. The molecule has 2 aromatic carbocycles. The first kappa shape index (κ1) is 49.2. The van der Waals surface area contributed by atoms with Gasteiger partial charge in [-0.25, -0.2) is 4.98 Å². The first-order valence-electron chi connectivity index (χ1n) is 20.9. The molecule has 0 spiro atoms. The molecule has 68 heavy (non-hydrogen) atoms. The number of carbonyl (C=O) groups excluding carboxylic acids is 4. The molecule has 11 rings (SSSR count). The van der Waals surface area contributed by atoms with Crippen LogP contribution in [0, 0.1) is 0 Å². The number of aryl methyl sites for hydroxylation is 1. The minimum atomic E-state index is -0.488. The van der Waals surface area contributed by atoms with E-state index in [1.54, 1.807) is 61.6 Å². The summed E-state index contributed by atoms with van der Waals surface area (Å²) in [6, 6.07) is 29.5. The molecule has 0 N–H and O–H groups in total. The van der Waals surface area contributed by atoms with E-state index in [4.69, 9.17) is 14.2 Å². The minimum Gasteiger partial charge on any atom is -0.255 e. The zero-order chi connectivity index (χ0) is 46.5. The summed E-state index contributed by atoms with van der Waals surface area (Å²) in [6.45, 7) is 1.60. The van der Waals surface area contributed by atoms with Gasteiger partial charge in [0.25, 0.3) is 23.6 Å². The molecule has 0 fully saturated rings. The molecule has 1 unspecified atom stereocenters. The standard InChI is InChI=1S/C29H24N4O7S.2C10H8N2.2ClH.Os/c34-26-18-2-4-20-25-21(5-3-19(24(18)25)27(35)32(26)8-1-7-31-9-6-30-16-31)29(37)33(28(20)36)10-11-38-12-17-13-39-22-14-41-15-23(22)40-17;2*1-3-7-11-9(5-1)10-6-2-4-8-12-10;;;/h2-6,9,14-17H,1,7-8,10-13H2;2*1-8H;2*1H;/q;;;;;+1/p-2. The molecule has 3 aliphatic heterocycles. The van der Waals surface area contributed by atoms with Crippen LogP contribution in [-0.4, -0.2) is 102 Å². The van der Waals surface area contributed by atoms with Crippen molar-refractivity contribution >= 4 is 55.4 Å². The molecule has 347 valence electrons. The molecule has 4 amide bonds. The average molecular weight is 1150 g/mol. The van der Waals surface area contributed by atoms with Crippen LogP contribution in [0.3, 0.4) is 0 Å². The molecule has 0 saturated heterocycles. The van der Waals surface area contributed by atoms with Crippen molar-refractivity contribution in [1.82, 2.24) is 39.3 Å². The van der Waals surface area contributed by atoms with Crippen LogP contribution in [-0.2, 0) is 28.9 Å². The Balaban J connectivity index is 0.000000205. The van der Waals surface area contributed by atoms with Crippen LogP contribution >= 0.6 is 21.0 Å². The number of amides is 4. The monoisotopic (exact) mass is 1150 g/mol. The maximum atomic E-state index is 13.4. The summed E-state index contributed by atoms with van der Waals surface area (Å²) >= 11 is 2.83. The van der Waals surface area contributed by atoms with Crippen molar-refractivity contribution in [3.8, 4) is 34.3 Å². The number of nitrogens with zero attached hydrogens (tertiary/aromatic N) is 8. The second-order valence-electron chi connectivity index (χ2n) is 14.8. The fourth-order valence-corrected chi connectivity index (χ4v) is 8.25. The molecule has 0 aliphatic carbocycles. The Kier molecular flexibility index (Phi) is 17.2. The number of fused-ring (bicyclic) bond motifs is 1. The minimum absolute atomic E-state index is 0. The number of hydrogen-bond acceptors (Lipinski definition) is 13. The number of hydrogen-bond donors (Lipinski definition) is 0. The molecule has 0 radical (unpaired) electrons. The molecule has 0 bridgehead atoms. The van der Waals surface area contributed by atoms with Crippen molar-refractivity contribution in [2.75, 3.05) is 32.9 Å². The van der Waals surface area contributed by atoms with E-state index in [0.717, 1.165) is 33.4 Å². The van der Waals surface area contributed by atoms with Gasteiger partial charge in [0, 0.05) is 94.1 Å². The van der Waals surface area contributed by atoms with Gasteiger partial charge in [0.15, 0.2) is 17.6 Å². The zero-order valence-electron chi connectivity index (χ0n) is 35.9. The fourth-order valence-electron chi connectivity index (χ4n) is 7.58. The number of pyridine rings is 4. The summed E-state index contributed by atoms with van der Waals surface area (Å²) in [5.41, 5.74) is 4.84. The van der Waals surface area contributed by atoms with Gasteiger partial charge in [-0.15, -0.1) is 11.3 Å². The number of thiophene rings is 1. The third-order valence-corrected chi connectivity index (χ3v) is 11.4. The van der Waals surface area contributed by atoms with Gasteiger partial charge in [-0.2, -0.15) is 0 Å². The van der Waals surface area contributed by atoms with E-state index in [-0.39, 0.29) is 55.9 Å². The molecule has 8 aromatic rings. The summed E-state index contributed by atoms with van der Waals surface area (Å²) < 4.78 is 19.1. The predicted molar refractivity (Wildman–Crippen MR) is 247 cm³/mol.